The minimum absolute atomic E-state index is 0.718. The van der Waals surface area contributed by atoms with Gasteiger partial charge in [-0.25, -0.2) is 4.98 Å². The molecule has 0 aliphatic carbocycles. The average molecular weight is 349 g/mol. The summed E-state index contributed by atoms with van der Waals surface area (Å²) < 4.78 is 0. The van der Waals surface area contributed by atoms with Crippen LogP contribution in [0.3, 0.4) is 0 Å². The van der Waals surface area contributed by atoms with Crippen molar-refractivity contribution in [1.29, 1.82) is 0 Å². The van der Waals surface area contributed by atoms with Crippen LogP contribution in [0.2, 0.25) is 0 Å². The van der Waals surface area contributed by atoms with Crippen LogP contribution in [-0.4, -0.2) is 30.3 Å². The number of thiazole rings is 1. The van der Waals surface area contributed by atoms with E-state index in [1.807, 2.05) is 18.0 Å². The molecule has 2 rings (SSSR count). The van der Waals surface area contributed by atoms with E-state index in [4.69, 9.17) is 0 Å². The van der Waals surface area contributed by atoms with E-state index in [9.17, 15) is 0 Å². The number of aryl methyl sites for hydroxylation is 2. The molecular weight excluding hydrogens is 324 g/mol. The first-order valence-electron chi connectivity index (χ1n) is 7.79. The Morgan fingerprint density at radius 2 is 2.04 bits per heavy atom. The summed E-state index contributed by atoms with van der Waals surface area (Å²) in [5, 5.41) is 7.74. The van der Waals surface area contributed by atoms with E-state index in [-0.39, 0.29) is 0 Å². The van der Waals surface area contributed by atoms with Crippen LogP contribution in [0.15, 0.2) is 40.4 Å². The first-order chi connectivity index (χ1) is 11.2. The zero-order valence-electron chi connectivity index (χ0n) is 13.9. The van der Waals surface area contributed by atoms with Gasteiger partial charge in [-0.15, -0.1) is 23.1 Å². The molecule has 0 amide bonds. The van der Waals surface area contributed by atoms with E-state index < -0.39 is 0 Å². The lowest BCUT2D eigenvalue weighted by Gasteiger charge is -2.10. The highest BCUT2D eigenvalue weighted by Crippen LogP contribution is 2.17. The summed E-state index contributed by atoms with van der Waals surface area (Å²) in [6, 6.07) is 8.63. The van der Waals surface area contributed by atoms with Crippen LogP contribution in [0.4, 0.5) is 0 Å². The first-order valence-corrected chi connectivity index (χ1v) is 9.59. The Labute approximate surface area is 146 Å². The normalized spacial score (nSPS) is 11.5. The third kappa shape index (κ3) is 6.23. The Morgan fingerprint density at radius 3 is 2.70 bits per heavy atom. The van der Waals surface area contributed by atoms with Crippen molar-refractivity contribution in [2.24, 2.45) is 4.99 Å². The van der Waals surface area contributed by atoms with Crippen LogP contribution in [0.5, 0.6) is 0 Å². The summed E-state index contributed by atoms with van der Waals surface area (Å²) in [6.45, 7) is 5.85. The number of nitrogens with zero attached hydrogens (tertiary/aromatic N) is 2. The Bertz CT molecular complexity index is 620. The maximum absolute atomic E-state index is 4.41. The second-order valence-electron chi connectivity index (χ2n) is 5.09. The Hall–Kier alpha value is -1.53. The van der Waals surface area contributed by atoms with Gasteiger partial charge in [0.05, 0.1) is 6.54 Å². The SMILES string of the molecule is CCc1cnc(CNC(=NC)NCCSc2ccc(C)cc2)s1. The first kappa shape index (κ1) is 17.8. The number of hydrogen-bond acceptors (Lipinski definition) is 4. The fourth-order valence-corrected chi connectivity index (χ4v) is 3.52. The molecule has 0 saturated heterocycles. The van der Waals surface area contributed by atoms with Gasteiger partial charge in [0, 0.05) is 35.3 Å². The highest BCUT2D eigenvalue weighted by molar-refractivity contribution is 7.99. The summed E-state index contributed by atoms with van der Waals surface area (Å²) in [7, 11) is 1.79. The number of benzene rings is 1. The molecule has 0 atom stereocenters. The third-order valence-electron chi connectivity index (χ3n) is 3.26. The van der Waals surface area contributed by atoms with Gasteiger partial charge in [-0.1, -0.05) is 24.6 Å². The van der Waals surface area contributed by atoms with Crippen molar-refractivity contribution in [2.75, 3.05) is 19.3 Å². The number of aromatic nitrogens is 1. The monoisotopic (exact) mass is 348 g/mol. The van der Waals surface area contributed by atoms with Crippen molar-refractivity contribution in [3.8, 4) is 0 Å². The summed E-state index contributed by atoms with van der Waals surface area (Å²) in [5.41, 5.74) is 1.30. The molecule has 0 fully saturated rings. The number of aliphatic imine (C=N–C) groups is 1. The molecule has 0 radical (unpaired) electrons. The lowest BCUT2D eigenvalue weighted by atomic mass is 10.2. The van der Waals surface area contributed by atoms with Gasteiger partial charge in [-0.3, -0.25) is 4.99 Å². The molecule has 124 valence electrons. The molecular formula is C17H24N4S2. The fourth-order valence-electron chi connectivity index (χ4n) is 1.95. The van der Waals surface area contributed by atoms with Crippen LogP contribution in [0.25, 0.3) is 0 Å². The topological polar surface area (TPSA) is 49.3 Å². The summed E-state index contributed by atoms with van der Waals surface area (Å²) >= 11 is 3.60. The molecule has 0 unspecified atom stereocenters. The van der Waals surface area contributed by atoms with Gasteiger partial charge >= 0.3 is 0 Å². The van der Waals surface area contributed by atoms with Crippen LogP contribution >= 0.6 is 23.1 Å². The molecule has 0 spiro atoms. The standard InChI is InChI=1S/C17H24N4S2/c1-4-14-11-20-16(23-14)12-21-17(18-3)19-9-10-22-15-7-5-13(2)6-8-15/h5-8,11H,4,9-10,12H2,1-3H3,(H2,18,19,21). The zero-order chi connectivity index (χ0) is 16.5. The quantitative estimate of drug-likeness (QED) is 0.348. The lowest BCUT2D eigenvalue weighted by Crippen LogP contribution is -2.37. The third-order valence-corrected chi connectivity index (χ3v) is 5.42. The fraction of sp³-hybridized carbons (Fsp3) is 0.412. The molecule has 6 heteroatoms. The van der Waals surface area contributed by atoms with Crippen LogP contribution < -0.4 is 10.6 Å². The Kier molecular flexibility index (Phi) is 7.42. The molecule has 0 aliphatic heterocycles. The van der Waals surface area contributed by atoms with E-state index >= 15 is 0 Å². The van der Waals surface area contributed by atoms with Crippen molar-refractivity contribution >= 4 is 29.1 Å². The minimum atomic E-state index is 0.718. The van der Waals surface area contributed by atoms with E-state index in [1.165, 1.54) is 15.3 Å². The van der Waals surface area contributed by atoms with Gasteiger partial charge in [-0.05, 0) is 25.5 Å². The molecule has 4 nitrogen and oxygen atoms in total. The Balaban J connectivity index is 1.67. The second kappa shape index (κ2) is 9.57. The number of hydrogen-bond donors (Lipinski definition) is 2. The summed E-state index contributed by atoms with van der Waals surface area (Å²) in [5.74, 6) is 1.82. The van der Waals surface area contributed by atoms with E-state index in [0.29, 0.717) is 0 Å². The molecule has 2 aromatic rings. The van der Waals surface area contributed by atoms with E-state index in [0.717, 1.165) is 36.2 Å². The summed E-state index contributed by atoms with van der Waals surface area (Å²) in [6.07, 6.45) is 3.00. The smallest absolute Gasteiger partial charge is 0.191 e. The molecule has 0 aliphatic rings. The Morgan fingerprint density at radius 1 is 1.26 bits per heavy atom. The maximum Gasteiger partial charge on any atom is 0.191 e. The number of nitrogens with one attached hydrogen (secondary N) is 2. The van der Waals surface area contributed by atoms with Gasteiger partial charge < -0.3 is 10.6 Å². The van der Waals surface area contributed by atoms with Crippen molar-refractivity contribution in [1.82, 2.24) is 15.6 Å². The number of guanidine groups is 1. The minimum Gasteiger partial charge on any atom is -0.356 e. The average Bonchev–Trinajstić information content (AvgIpc) is 3.04. The predicted octanol–water partition coefficient (Wildman–Crippen LogP) is 3.47. The highest BCUT2D eigenvalue weighted by atomic mass is 32.2. The highest BCUT2D eigenvalue weighted by Gasteiger charge is 2.02. The molecule has 1 aromatic heterocycles. The lowest BCUT2D eigenvalue weighted by molar-refractivity contribution is 0.827. The second-order valence-corrected chi connectivity index (χ2v) is 7.46. The van der Waals surface area contributed by atoms with E-state index in [2.05, 4.69) is 58.7 Å². The van der Waals surface area contributed by atoms with Crippen LogP contribution in [0, 0.1) is 6.92 Å². The zero-order valence-corrected chi connectivity index (χ0v) is 15.6. The molecule has 1 heterocycles. The molecule has 0 saturated carbocycles. The molecule has 0 bridgehead atoms. The van der Waals surface area contributed by atoms with Crippen molar-refractivity contribution in [3.05, 3.63) is 45.9 Å². The van der Waals surface area contributed by atoms with Crippen molar-refractivity contribution in [2.45, 2.75) is 31.7 Å². The van der Waals surface area contributed by atoms with Crippen LogP contribution in [0.1, 0.15) is 22.4 Å². The van der Waals surface area contributed by atoms with Crippen LogP contribution in [-0.2, 0) is 13.0 Å². The molecule has 2 N–H and O–H groups in total. The maximum atomic E-state index is 4.41. The summed E-state index contributed by atoms with van der Waals surface area (Å²) in [4.78, 5) is 11.3. The van der Waals surface area contributed by atoms with Gasteiger partial charge in [0.1, 0.15) is 5.01 Å². The van der Waals surface area contributed by atoms with Gasteiger partial charge in [0.15, 0.2) is 5.96 Å². The molecule has 1 aromatic carbocycles. The van der Waals surface area contributed by atoms with E-state index in [1.54, 1.807) is 18.4 Å². The predicted molar refractivity (Wildman–Crippen MR) is 102 cm³/mol. The van der Waals surface area contributed by atoms with Gasteiger partial charge in [0.2, 0.25) is 0 Å². The van der Waals surface area contributed by atoms with Gasteiger partial charge in [-0.2, -0.15) is 0 Å². The number of thioether (sulfide) groups is 1. The number of rotatable bonds is 7. The van der Waals surface area contributed by atoms with Gasteiger partial charge in [0.25, 0.3) is 0 Å². The molecule has 23 heavy (non-hydrogen) atoms. The largest absolute Gasteiger partial charge is 0.356 e. The van der Waals surface area contributed by atoms with Crippen molar-refractivity contribution < 1.29 is 0 Å². The van der Waals surface area contributed by atoms with Crippen molar-refractivity contribution in [3.63, 3.8) is 0 Å².